The van der Waals surface area contributed by atoms with Crippen LogP contribution in [0.25, 0.3) is 0 Å². The molecule has 1 N–H and O–H groups in total. The first-order valence-corrected chi connectivity index (χ1v) is 8.12. The maximum Gasteiger partial charge on any atom is 0.0853 e. The summed E-state index contributed by atoms with van der Waals surface area (Å²) in [4.78, 5) is 0. The maximum atomic E-state index is 4.74. The Kier molecular flexibility index (Phi) is 4.70. The molecule has 2 heterocycles. The smallest absolute Gasteiger partial charge is 0.0853 e. The third kappa shape index (κ3) is 3.53. The SMILES string of the molecule is CCCNCc1ccnn1Cc1ccn(C2CCCC2)n1. The first-order valence-electron chi connectivity index (χ1n) is 8.12. The van der Waals surface area contributed by atoms with Crippen LogP contribution in [0.15, 0.2) is 24.5 Å². The summed E-state index contributed by atoms with van der Waals surface area (Å²) < 4.78 is 4.20. The van der Waals surface area contributed by atoms with Crippen LogP contribution in [0.2, 0.25) is 0 Å². The highest BCUT2D eigenvalue weighted by molar-refractivity contribution is 5.06. The van der Waals surface area contributed by atoms with Gasteiger partial charge >= 0.3 is 0 Å². The third-order valence-corrected chi connectivity index (χ3v) is 4.21. The number of aromatic nitrogens is 4. The van der Waals surface area contributed by atoms with Crippen molar-refractivity contribution in [2.75, 3.05) is 6.54 Å². The van der Waals surface area contributed by atoms with Gasteiger partial charge in [0.1, 0.15) is 0 Å². The third-order valence-electron chi connectivity index (χ3n) is 4.21. The molecule has 21 heavy (non-hydrogen) atoms. The molecule has 0 aliphatic heterocycles. The molecule has 0 unspecified atom stereocenters. The number of hydrogen-bond donors (Lipinski definition) is 1. The van der Waals surface area contributed by atoms with Gasteiger partial charge in [-0.2, -0.15) is 10.2 Å². The van der Waals surface area contributed by atoms with Gasteiger partial charge in [0.2, 0.25) is 0 Å². The second-order valence-corrected chi connectivity index (χ2v) is 5.88. The Balaban J connectivity index is 1.62. The van der Waals surface area contributed by atoms with Crippen LogP contribution in [-0.4, -0.2) is 26.1 Å². The van der Waals surface area contributed by atoms with Gasteiger partial charge in [-0.25, -0.2) is 0 Å². The van der Waals surface area contributed by atoms with E-state index < -0.39 is 0 Å². The highest BCUT2D eigenvalue weighted by atomic mass is 15.3. The molecule has 5 heteroatoms. The second kappa shape index (κ2) is 6.89. The molecule has 1 aliphatic carbocycles. The molecule has 2 aromatic heterocycles. The van der Waals surface area contributed by atoms with Gasteiger partial charge in [0.25, 0.3) is 0 Å². The molecule has 2 aromatic rings. The van der Waals surface area contributed by atoms with Crippen molar-refractivity contribution in [1.82, 2.24) is 24.9 Å². The number of nitrogens with one attached hydrogen (secondary N) is 1. The molecule has 0 aromatic carbocycles. The van der Waals surface area contributed by atoms with E-state index in [0.29, 0.717) is 6.04 Å². The molecule has 1 saturated carbocycles. The van der Waals surface area contributed by atoms with Gasteiger partial charge in [-0.15, -0.1) is 0 Å². The van der Waals surface area contributed by atoms with Crippen LogP contribution < -0.4 is 5.32 Å². The van der Waals surface area contributed by atoms with E-state index in [9.17, 15) is 0 Å². The molecular weight excluding hydrogens is 262 g/mol. The summed E-state index contributed by atoms with van der Waals surface area (Å²) in [6.45, 7) is 4.86. The van der Waals surface area contributed by atoms with Crippen molar-refractivity contribution in [3.63, 3.8) is 0 Å². The lowest BCUT2D eigenvalue weighted by Gasteiger charge is -2.09. The summed E-state index contributed by atoms with van der Waals surface area (Å²) >= 11 is 0. The molecule has 3 rings (SSSR count). The van der Waals surface area contributed by atoms with Gasteiger partial charge < -0.3 is 5.32 Å². The normalized spacial score (nSPS) is 15.9. The Labute approximate surface area is 126 Å². The molecule has 0 saturated heterocycles. The van der Waals surface area contributed by atoms with Crippen LogP contribution in [0, 0.1) is 0 Å². The van der Waals surface area contributed by atoms with Crippen LogP contribution in [0.4, 0.5) is 0 Å². The van der Waals surface area contributed by atoms with Gasteiger partial charge in [0.05, 0.1) is 24.0 Å². The molecule has 1 fully saturated rings. The van der Waals surface area contributed by atoms with E-state index in [0.717, 1.165) is 31.7 Å². The Morgan fingerprint density at radius 1 is 1.29 bits per heavy atom. The van der Waals surface area contributed by atoms with Crippen molar-refractivity contribution >= 4 is 0 Å². The minimum atomic E-state index is 0.613. The molecule has 0 spiro atoms. The van der Waals surface area contributed by atoms with Gasteiger partial charge in [0, 0.05) is 18.9 Å². The zero-order valence-corrected chi connectivity index (χ0v) is 12.8. The van der Waals surface area contributed by atoms with Crippen molar-refractivity contribution in [1.29, 1.82) is 0 Å². The fraction of sp³-hybridized carbons (Fsp3) is 0.625. The molecule has 5 nitrogen and oxygen atoms in total. The van der Waals surface area contributed by atoms with E-state index in [2.05, 4.69) is 40.4 Å². The maximum absolute atomic E-state index is 4.74. The average Bonchev–Trinajstić information content (AvgIpc) is 3.20. The summed E-state index contributed by atoms with van der Waals surface area (Å²) in [5.41, 5.74) is 2.32. The van der Waals surface area contributed by atoms with Crippen molar-refractivity contribution in [2.45, 2.75) is 58.2 Å². The number of nitrogens with zero attached hydrogens (tertiary/aromatic N) is 4. The van der Waals surface area contributed by atoms with Crippen molar-refractivity contribution in [2.24, 2.45) is 0 Å². The lowest BCUT2D eigenvalue weighted by atomic mass is 10.3. The zero-order valence-electron chi connectivity index (χ0n) is 12.8. The number of rotatable bonds is 7. The van der Waals surface area contributed by atoms with E-state index in [1.165, 1.54) is 31.4 Å². The van der Waals surface area contributed by atoms with Gasteiger partial charge in [-0.05, 0) is 37.9 Å². The Morgan fingerprint density at radius 2 is 2.14 bits per heavy atom. The fourth-order valence-corrected chi connectivity index (χ4v) is 3.03. The standard InChI is InChI=1S/C16H25N5/c1-2-9-17-12-16-7-10-18-21(16)13-14-8-11-20(19-14)15-5-3-4-6-15/h7-8,10-11,15,17H,2-6,9,12-13H2,1H3. The van der Waals surface area contributed by atoms with Gasteiger partial charge in [-0.3, -0.25) is 9.36 Å². The summed E-state index contributed by atoms with van der Waals surface area (Å²) in [6.07, 6.45) is 10.4. The molecule has 0 atom stereocenters. The summed E-state index contributed by atoms with van der Waals surface area (Å²) in [7, 11) is 0. The van der Waals surface area contributed by atoms with Crippen LogP contribution >= 0.6 is 0 Å². The van der Waals surface area contributed by atoms with E-state index in [1.54, 1.807) is 0 Å². The molecule has 0 bridgehead atoms. The molecule has 0 amide bonds. The van der Waals surface area contributed by atoms with Crippen molar-refractivity contribution in [3.05, 3.63) is 35.9 Å². The quantitative estimate of drug-likeness (QED) is 0.797. The first-order chi connectivity index (χ1) is 10.4. The molecular formula is C16H25N5. The van der Waals surface area contributed by atoms with E-state index in [1.807, 2.05) is 10.9 Å². The minimum Gasteiger partial charge on any atom is -0.311 e. The van der Waals surface area contributed by atoms with E-state index >= 15 is 0 Å². The second-order valence-electron chi connectivity index (χ2n) is 5.88. The lowest BCUT2D eigenvalue weighted by Crippen LogP contribution is -2.18. The Hall–Kier alpha value is -1.62. The summed E-state index contributed by atoms with van der Waals surface area (Å²) in [5, 5.41) is 12.6. The summed E-state index contributed by atoms with van der Waals surface area (Å²) in [5.74, 6) is 0. The summed E-state index contributed by atoms with van der Waals surface area (Å²) in [6, 6.07) is 4.82. The van der Waals surface area contributed by atoms with E-state index in [4.69, 9.17) is 5.10 Å². The highest BCUT2D eigenvalue weighted by Gasteiger charge is 2.17. The largest absolute Gasteiger partial charge is 0.311 e. The molecule has 1 aliphatic rings. The molecule has 114 valence electrons. The zero-order chi connectivity index (χ0) is 14.5. The van der Waals surface area contributed by atoms with Gasteiger partial charge in [-0.1, -0.05) is 19.8 Å². The van der Waals surface area contributed by atoms with Crippen LogP contribution in [0.5, 0.6) is 0 Å². The van der Waals surface area contributed by atoms with Crippen LogP contribution in [0.1, 0.15) is 56.5 Å². The Bertz CT molecular complexity index is 551. The Morgan fingerprint density at radius 3 is 2.95 bits per heavy atom. The van der Waals surface area contributed by atoms with Gasteiger partial charge in [0.15, 0.2) is 0 Å². The van der Waals surface area contributed by atoms with E-state index in [-0.39, 0.29) is 0 Å². The number of hydrogen-bond acceptors (Lipinski definition) is 3. The van der Waals surface area contributed by atoms with Crippen molar-refractivity contribution < 1.29 is 0 Å². The first kappa shape index (κ1) is 14.3. The van der Waals surface area contributed by atoms with Crippen LogP contribution in [-0.2, 0) is 13.1 Å². The average molecular weight is 287 g/mol. The van der Waals surface area contributed by atoms with Crippen molar-refractivity contribution in [3.8, 4) is 0 Å². The lowest BCUT2D eigenvalue weighted by molar-refractivity contribution is 0.459. The fourth-order valence-electron chi connectivity index (χ4n) is 3.03. The highest BCUT2D eigenvalue weighted by Crippen LogP contribution is 2.28. The predicted molar refractivity (Wildman–Crippen MR) is 83.1 cm³/mol. The monoisotopic (exact) mass is 287 g/mol. The minimum absolute atomic E-state index is 0.613. The van der Waals surface area contributed by atoms with Crippen LogP contribution in [0.3, 0.4) is 0 Å². The topological polar surface area (TPSA) is 47.7 Å². The molecule has 0 radical (unpaired) electrons. The predicted octanol–water partition coefficient (Wildman–Crippen LogP) is 2.74.